The monoisotopic (exact) mass is 300 g/mol. The number of benzene rings is 1. The number of rotatable bonds is 3. The third kappa shape index (κ3) is 3.11. The lowest BCUT2D eigenvalue weighted by Crippen LogP contribution is -2.51. The lowest BCUT2D eigenvalue weighted by atomic mass is 10.1. The summed E-state index contributed by atoms with van der Waals surface area (Å²) in [6.45, 7) is 9.09. The van der Waals surface area contributed by atoms with Crippen LogP contribution in [0.2, 0.25) is 0 Å². The van der Waals surface area contributed by atoms with Crippen LogP contribution in [0, 0.1) is 0 Å². The maximum absolute atomic E-state index is 12.7. The highest BCUT2D eigenvalue weighted by Crippen LogP contribution is 2.34. The molecule has 0 spiro atoms. The van der Waals surface area contributed by atoms with Crippen molar-refractivity contribution < 1.29 is 9.53 Å². The number of carbonyl (C=O) groups is 1. The molecule has 0 radical (unpaired) electrons. The van der Waals surface area contributed by atoms with Crippen molar-refractivity contribution in [2.24, 2.45) is 0 Å². The van der Waals surface area contributed by atoms with E-state index in [0.717, 1.165) is 49.5 Å². The number of hydrogen-bond donors (Lipinski definition) is 0. The minimum absolute atomic E-state index is 0.126. The number of nitrogens with zero attached hydrogens (tertiary/aromatic N) is 2. The molecule has 0 aliphatic carbocycles. The number of carbonyl (C=O) groups excluding carboxylic acids is 1. The molecule has 118 valence electrons. The van der Waals surface area contributed by atoms with E-state index in [4.69, 9.17) is 4.74 Å². The maximum Gasteiger partial charge on any atom is 0.265 e. The van der Waals surface area contributed by atoms with E-state index in [1.54, 1.807) is 0 Å². The van der Waals surface area contributed by atoms with Crippen molar-refractivity contribution in [1.82, 2.24) is 4.90 Å². The zero-order valence-corrected chi connectivity index (χ0v) is 13.3. The van der Waals surface area contributed by atoms with Crippen LogP contribution in [0.3, 0.4) is 0 Å². The van der Waals surface area contributed by atoms with Crippen molar-refractivity contribution in [2.45, 2.75) is 32.3 Å². The molecule has 1 aromatic carbocycles. The molecule has 0 saturated carbocycles. The number of likely N-dealkylation sites (tertiary alicyclic amines) is 1. The molecule has 1 fully saturated rings. The van der Waals surface area contributed by atoms with Gasteiger partial charge in [-0.2, -0.15) is 0 Å². The van der Waals surface area contributed by atoms with Crippen molar-refractivity contribution in [1.29, 1.82) is 0 Å². The van der Waals surface area contributed by atoms with E-state index in [1.807, 2.05) is 36.1 Å². The second-order valence-corrected chi connectivity index (χ2v) is 6.30. The number of piperidine rings is 1. The van der Waals surface area contributed by atoms with E-state index in [1.165, 1.54) is 6.42 Å². The lowest BCUT2D eigenvalue weighted by molar-refractivity contribution is -0.139. The molecule has 1 aromatic rings. The van der Waals surface area contributed by atoms with Crippen molar-refractivity contribution in [3.8, 4) is 5.75 Å². The Bertz CT molecular complexity index is 564. The van der Waals surface area contributed by atoms with Gasteiger partial charge >= 0.3 is 0 Å². The Labute approximate surface area is 132 Å². The van der Waals surface area contributed by atoms with Crippen molar-refractivity contribution in [2.75, 3.05) is 31.1 Å². The third-order valence-electron chi connectivity index (χ3n) is 4.27. The Morgan fingerprint density at radius 2 is 2.00 bits per heavy atom. The highest BCUT2D eigenvalue weighted by atomic mass is 16.5. The maximum atomic E-state index is 12.7. The molecule has 22 heavy (non-hydrogen) atoms. The minimum atomic E-state index is -0.410. The fraction of sp³-hybridized carbons (Fsp3) is 0.500. The molecular formula is C18H24N2O2. The summed E-state index contributed by atoms with van der Waals surface area (Å²) < 4.78 is 6.00. The molecule has 1 saturated heterocycles. The predicted molar refractivity (Wildman–Crippen MR) is 88.3 cm³/mol. The Balaban J connectivity index is 1.79. The third-order valence-corrected chi connectivity index (χ3v) is 4.27. The van der Waals surface area contributed by atoms with E-state index in [0.29, 0.717) is 6.54 Å². The van der Waals surface area contributed by atoms with Crippen LogP contribution in [0.1, 0.15) is 26.2 Å². The predicted octanol–water partition coefficient (Wildman–Crippen LogP) is 2.84. The van der Waals surface area contributed by atoms with Gasteiger partial charge in [0.15, 0.2) is 6.10 Å². The number of hydrogen-bond acceptors (Lipinski definition) is 3. The molecule has 4 nitrogen and oxygen atoms in total. The first-order chi connectivity index (χ1) is 10.6. The highest BCUT2D eigenvalue weighted by Gasteiger charge is 2.33. The van der Waals surface area contributed by atoms with E-state index < -0.39 is 6.10 Å². The molecule has 3 rings (SSSR count). The molecular weight excluding hydrogens is 276 g/mol. The number of anilines is 1. The summed E-state index contributed by atoms with van der Waals surface area (Å²) in [4.78, 5) is 16.9. The second-order valence-electron chi connectivity index (χ2n) is 6.30. The zero-order valence-electron chi connectivity index (χ0n) is 13.3. The Morgan fingerprint density at radius 1 is 1.27 bits per heavy atom. The molecule has 0 N–H and O–H groups in total. The minimum Gasteiger partial charge on any atom is -0.477 e. The van der Waals surface area contributed by atoms with Crippen LogP contribution in [0.5, 0.6) is 5.75 Å². The average molecular weight is 300 g/mol. The summed E-state index contributed by atoms with van der Waals surface area (Å²) in [7, 11) is 0. The Morgan fingerprint density at radius 3 is 2.73 bits per heavy atom. The van der Waals surface area contributed by atoms with Gasteiger partial charge in [0.25, 0.3) is 5.91 Å². The average Bonchev–Trinajstić information content (AvgIpc) is 2.54. The van der Waals surface area contributed by atoms with Crippen molar-refractivity contribution in [3.05, 3.63) is 36.4 Å². The second kappa shape index (κ2) is 6.42. The first kappa shape index (κ1) is 14.9. The SMILES string of the molecule is C=C(C)CN1CC(C(=O)N2CCCCC2)Oc2ccccc21. The van der Waals surface area contributed by atoms with Gasteiger partial charge in [-0.05, 0) is 38.3 Å². The van der Waals surface area contributed by atoms with Crippen LogP contribution >= 0.6 is 0 Å². The fourth-order valence-electron chi connectivity index (χ4n) is 3.23. The normalized spacial score (nSPS) is 21.0. The van der Waals surface area contributed by atoms with E-state index in [2.05, 4.69) is 11.5 Å². The largest absolute Gasteiger partial charge is 0.477 e. The van der Waals surface area contributed by atoms with Gasteiger partial charge in [-0.15, -0.1) is 0 Å². The van der Waals surface area contributed by atoms with Crippen molar-refractivity contribution >= 4 is 11.6 Å². The molecule has 2 aliphatic rings. The first-order valence-corrected chi connectivity index (χ1v) is 8.09. The highest BCUT2D eigenvalue weighted by molar-refractivity contribution is 5.83. The van der Waals surface area contributed by atoms with Crippen LogP contribution in [-0.2, 0) is 4.79 Å². The first-order valence-electron chi connectivity index (χ1n) is 8.09. The fourth-order valence-corrected chi connectivity index (χ4v) is 3.23. The van der Waals surface area contributed by atoms with Gasteiger partial charge < -0.3 is 14.5 Å². The standard InChI is InChI=1S/C18H24N2O2/c1-14(2)12-20-13-17(18(21)19-10-6-3-7-11-19)22-16-9-5-4-8-15(16)20/h4-5,8-9,17H,1,3,6-7,10-13H2,2H3. The van der Waals surface area contributed by atoms with Gasteiger partial charge in [-0.1, -0.05) is 24.3 Å². The number of fused-ring (bicyclic) bond motifs is 1. The molecule has 1 amide bonds. The van der Waals surface area contributed by atoms with Crippen LogP contribution in [-0.4, -0.2) is 43.1 Å². The Kier molecular flexibility index (Phi) is 4.36. The zero-order chi connectivity index (χ0) is 15.5. The molecule has 2 aliphatic heterocycles. The van der Waals surface area contributed by atoms with E-state index >= 15 is 0 Å². The van der Waals surface area contributed by atoms with Gasteiger partial charge in [-0.25, -0.2) is 0 Å². The van der Waals surface area contributed by atoms with Crippen LogP contribution in [0.15, 0.2) is 36.4 Å². The summed E-state index contributed by atoms with van der Waals surface area (Å²) in [5, 5.41) is 0. The number of amides is 1. The number of ether oxygens (including phenoxy) is 1. The molecule has 4 heteroatoms. The summed E-state index contributed by atoms with van der Waals surface area (Å²) >= 11 is 0. The smallest absolute Gasteiger partial charge is 0.265 e. The van der Waals surface area contributed by atoms with Gasteiger partial charge in [0.2, 0.25) is 0 Å². The molecule has 1 atom stereocenters. The molecule has 0 aromatic heterocycles. The quantitative estimate of drug-likeness (QED) is 0.805. The summed E-state index contributed by atoms with van der Waals surface area (Å²) in [5.41, 5.74) is 2.13. The van der Waals surface area contributed by atoms with Gasteiger partial charge in [0.05, 0.1) is 12.2 Å². The van der Waals surface area contributed by atoms with Gasteiger partial charge in [0.1, 0.15) is 5.75 Å². The van der Waals surface area contributed by atoms with Crippen LogP contribution in [0.4, 0.5) is 5.69 Å². The molecule has 0 bridgehead atoms. The molecule has 1 unspecified atom stereocenters. The molecule has 2 heterocycles. The summed E-state index contributed by atoms with van der Waals surface area (Å²) in [6, 6.07) is 7.93. The topological polar surface area (TPSA) is 32.8 Å². The van der Waals surface area contributed by atoms with E-state index in [-0.39, 0.29) is 5.91 Å². The van der Waals surface area contributed by atoms with Crippen LogP contribution in [0.25, 0.3) is 0 Å². The van der Waals surface area contributed by atoms with Crippen molar-refractivity contribution in [3.63, 3.8) is 0 Å². The van der Waals surface area contributed by atoms with Gasteiger partial charge in [0, 0.05) is 19.6 Å². The van der Waals surface area contributed by atoms with Crippen LogP contribution < -0.4 is 9.64 Å². The Hall–Kier alpha value is -1.97. The summed E-state index contributed by atoms with van der Waals surface area (Å²) in [6.07, 6.45) is 3.02. The lowest BCUT2D eigenvalue weighted by Gasteiger charge is -2.38. The number of para-hydroxylation sites is 2. The summed E-state index contributed by atoms with van der Waals surface area (Å²) in [5.74, 6) is 0.922. The van der Waals surface area contributed by atoms with Gasteiger partial charge in [-0.3, -0.25) is 4.79 Å². The van der Waals surface area contributed by atoms with E-state index in [9.17, 15) is 4.79 Å².